The van der Waals surface area contributed by atoms with Crippen LogP contribution in [0.4, 0.5) is 10.5 Å². The molecule has 4 aliphatic rings. The Hall–Kier alpha value is -2.47. The van der Waals surface area contributed by atoms with Crippen molar-refractivity contribution < 1.29 is 4.79 Å². The molecule has 5 rings (SSSR count). The van der Waals surface area contributed by atoms with Crippen molar-refractivity contribution in [3.05, 3.63) is 54.4 Å². The van der Waals surface area contributed by atoms with Gasteiger partial charge in [0.25, 0.3) is 0 Å². The van der Waals surface area contributed by atoms with E-state index in [1.807, 2.05) is 4.90 Å². The van der Waals surface area contributed by atoms with Crippen LogP contribution >= 0.6 is 0 Å². The highest BCUT2D eigenvalue weighted by Crippen LogP contribution is 2.46. The third kappa shape index (κ3) is 4.83. The molecule has 0 bridgehead atoms. The molecular weight excluding hydrogens is 422 g/mol. The molecule has 1 aromatic carbocycles. The summed E-state index contributed by atoms with van der Waals surface area (Å²) in [7, 11) is 0. The second-order valence-corrected chi connectivity index (χ2v) is 10.7. The minimum absolute atomic E-state index is 0.0361. The fraction of sp³-hybridized carbons (Fsp3) is 0.607. The van der Waals surface area contributed by atoms with E-state index in [2.05, 4.69) is 57.9 Å². The molecule has 0 unspecified atom stereocenters. The van der Waals surface area contributed by atoms with E-state index in [1.165, 1.54) is 56.4 Å². The van der Waals surface area contributed by atoms with Gasteiger partial charge in [0.2, 0.25) is 0 Å². The van der Waals surface area contributed by atoms with Gasteiger partial charge in [0.05, 0.1) is 6.54 Å². The van der Waals surface area contributed by atoms with Crippen molar-refractivity contribution in [3.63, 3.8) is 0 Å². The van der Waals surface area contributed by atoms with Gasteiger partial charge in [-0.1, -0.05) is 37.8 Å². The molecule has 6 nitrogen and oxygen atoms in total. The number of piperidine rings is 3. The summed E-state index contributed by atoms with van der Waals surface area (Å²) in [4.78, 5) is 19.9. The van der Waals surface area contributed by atoms with E-state index in [0.29, 0.717) is 6.54 Å². The van der Waals surface area contributed by atoms with Crippen molar-refractivity contribution >= 4 is 11.7 Å². The fourth-order valence-electron chi connectivity index (χ4n) is 6.41. The molecular formula is C28H41N5O. The molecule has 184 valence electrons. The Morgan fingerprint density at radius 3 is 2.44 bits per heavy atom. The van der Waals surface area contributed by atoms with Gasteiger partial charge in [-0.2, -0.15) is 0 Å². The van der Waals surface area contributed by atoms with Crippen LogP contribution in [0.1, 0.15) is 50.5 Å². The van der Waals surface area contributed by atoms with Crippen molar-refractivity contribution in [3.8, 4) is 0 Å². The lowest BCUT2D eigenvalue weighted by Crippen LogP contribution is -2.51. The Balaban J connectivity index is 1.06. The van der Waals surface area contributed by atoms with Crippen LogP contribution in [-0.2, 0) is 6.42 Å². The number of carbonyl (C=O) groups is 1. The molecule has 0 aromatic heterocycles. The number of nitrogens with one attached hydrogen (secondary N) is 2. The van der Waals surface area contributed by atoms with Gasteiger partial charge in [0, 0.05) is 54.7 Å². The van der Waals surface area contributed by atoms with E-state index in [1.54, 1.807) is 0 Å². The smallest absolute Gasteiger partial charge is 0.317 e. The average Bonchev–Trinajstić information content (AvgIpc) is 2.89. The summed E-state index contributed by atoms with van der Waals surface area (Å²) in [5.74, 6) is 0. The molecule has 4 aliphatic heterocycles. The summed E-state index contributed by atoms with van der Waals surface area (Å²) in [5.41, 5.74) is 4.73. The molecule has 0 aliphatic carbocycles. The summed E-state index contributed by atoms with van der Waals surface area (Å²) in [6.07, 6.45) is 9.43. The van der Waals surface area contributed by atoms with Gasteiger partial charge in [-0.15, -0.1) is 0 Å². The second kappa shape index (κ2) is 10.0. The van der Waals surface area contributed by atoms with Crippen molar-refractivity contribution in [1.82, 2.24) is 20.0 Å². The van der Waals surface area contributed by atoms with E-state index < -0.39 is 0 Å². The largest absolute Gasteiger partial charge is 0.374 e. The maximum atomic E-state index is 12.9. The number of urea groups is 1. The highest BCUT2D eigenvalue weighted by molar-refractivity contribution is 5.74. The highest BCUT2D eigenvalue weighted by Gasteiger charge is 2.41. The highest BCUT2D eigenvalue weighted by atomic mass is 16.2. The number of amides is 2. The van der Waals surface area contributed by atoms with E-state index in [0.717, 1.165) is 62.9 Å². The van der Waals surface area contributed by atoms with Crippen LogP contribution in [0.2, 0.25) is 0 Å². The van der Waals surface area contributed by atoms with Gasteiger partial charge in [0.15, 0.2) is 0 Å². The predicted octanol–water partition coefficient (Wildman–Crippen LogP) is 4.42. The van der Waals surface area contributed by atoms with Crippen molar-refractivity contribution in [2.45, 2.75) is 57.4 Å². The van der Waals surface area contributed by atoms with Crippen LogP contribution in [0.3, 0.4) is 0 Å². The summed E-state index contributed by atoms with van der Waals surface area (Å²) in [5, 5.41) is 6.67. The molecule has 1 spiro atoms. The van der Waals surface area contributed by atoms with Crippen LogP contribution in [0.15, 0.2) is 48.8 Å². The van der Waals surface area contributed by atoms with Gasteiger partial charge < -0.3 is 25.3 Å². The van der Waals surface area contributed by atoms with Crippen molar-refractivity contribution in [2.24, 2.45) is 5.41 Å². The number of hydrogen-bond acceptors (Lipinski definition) is 4. The normalized spacial score (nSPS) is 23.4. The molecule has 0 saturated carbocycles. The number of hydrogen-bond donors (Lipinski definition) is 2. The monoisotopic (exact) mass is 463 g/mol. The molecule has 2 amide bonds. The summed E-state index contributed by atoms with van der Waals surface area (Å²) in [6, 6.07) is 9.27. The average molecular weight is 464 g/mol. The lowest BCUT2D eigenvalue weighted by molar-refractivity contribution is 0.104. The van der Waals surface area contributed by atoms with Crippen LogP contribution in [0.5, 0.6) is 0 Å². The van der Waals surface area contributed by atoms with E-state index in [9.17, 15) is 4.79 Å². The maximum Gasteiger partial charge on any atom is 0.317 e. The Labute approximate surface area is 205 Å². The number of para-hydroxylation sites is 1. The number of likely N-dealkylation sites (tertiary alicyclic amines) is 3. The van der Waals surface area contributed by atoms with E-state index in [4.69, 9.17) is 0 Å². The zero-order valence-corrected chi connectivity index (χ0v) is 20.7. The third-order valence-electron chi connectivity index (χ3n) is 8.74. The quantitative estimate of drug-likeness (QED) is 0.694. The Bertz CT molecular complexity index is 905. The molecule has 0 radical (unpaired) electrons. The van der Waals surface area contributed by atoms with Crippen LogP contribution in [-0.4, -0.2) is 72.6 Å². The molecule has 4 heterocycles. The first-order valence-electron chi connectivity index (χ1n) is 13.3. The zero-order chi connectivity index (χ0) is 23.5. The maximum absolute atomic E-state index is 12.9. The van der Waals surface area contributed by atoms with Crippen LogP contribution in [0.25, 0.3) is 0 Å². The number of rotatable bonds is 4. The molecule has 2 N–H and O–H groups in total. The summed E-state index contributed by atoms with van der Waals surface area (Å²) >= 11 is 0. The number of allylic oxidation sites excluding steroid dienone is 1. The lowest BCUT2D eigenvalue weighted by atomic mass is 9.69. The molecule has 3 fully saturated rings. The SMILES string of the molecule is C=C(CNC(=O)N1CCC2(CC1)Cc1ccccc1NC2=C)N1CCC(N2CCCCC2)CC1. The number of fused-ring (bicyclic) bond motifs is 1. The third-order valence-corrected chi connectivity index (χ3v) is 8.74. The lowest BCUT2D eigenvalue weighted by Gasteiger charge is -2.46. The Kier molecular flexibility index (Phi) is 6.87. The summed E-state index contributed by atoms with van der Waals surface area (Å²) < 4.78 is 0. The number of benzene rings is 1. The molecule has 3 saturated heterocycles. The first-order valence-corrected chi connectivity index (χ1v) is 13.3. The number of carbonyl (C=O) groups excluding carboxylic acids is 1. The Morgan fingerprint density at radius 1 is 1.00 bits per heavy atom. The second-order valence-electron chi connectivity index (χ2n) is 10.7. The molecule has 0 atom stereocenters. The minimum Gasteiger partial charge on any atom is -0.374 e. The van der Waals surface area contributed by atoms with E-state index >= 15 is 0 Å². The standard InChI is InChI=1S/C28H41N5O/c1-22(31-16-10-25(11-17-31)32-14-6-3-7-15-32)21-29-27(34)33-18-12-28(13-19-33)20-24-8-4-5-9-26(24)30-23(28)2/h4-5,8-9,25,30H,1-3,6-7,10-21H2,(H,29,34). The van der Waals surface area contributed by atoms with Gasteiger partial charge in [-0.3, -0.25) is 0 Å². The van der Waals surface area contributed by atoms with Crippen molar-refractivity contribution in [1.29, 1.82) is 0 Å². The number of nitrogens with zero attached hydrogens (tertiary/aromatic N) is 3. The van der Waals surface area contributed by atoms with Gasteiger partial charge in [0.1, 0.15) is 0 Å². The molecule has 34 heavy (non-hydrogen) atoms. The molecule has 6 heteroatoms. The van der Waals surface area contributed by atoms with Crippen LogP contribution in [0, 0.1) is 5.41 Å². The predicted molar refractivity (Wildman–Crippen MR) is 139 cm³/mol. The number of anilines is 1. The first kappa shape index (κ1) is 23.3. The van der Waals surface area contributed by atoms with Crippen LogP contribution < -0.4 is 10.6 Å². The van der Waals surface area contributed by atoms with Gasteiger partial charge in [-0.25, -0.2) is 4.79 Å². The summed E-state index contributed by atoms with van der Waals surface area (Å²) in [6.45, 7) is 15.4. The van der Waals surface area contributed by atoms with Gasteiger partial charge in [-0.05, 0) is 69.7 Å². The minimum atomic E-state index is 0.0361. The van der Waals surface area contributed by atoms with Crippen molar-refractivity contribution in [2.75, 3.05) is 51.1 Å². The molecule has 1 aromatic rings. The Morgan fingerprint density at radius 2 is 1.71 bits per heavy atom. The van der Waals surface area contributed by atoms with E-state index in [-0.39, 0.29) is 11.4 Å². The zero-order valence-electron chi connectivity index (χ0n) is 20.7. The fourth-order valence-corrected chi connectivity index (χ4v) is 6.41. The topological polar surface area (TPSA) is 50.9 Å². The first-order chi connectivity index (χ1) is 16.5. The van der Waals surface area contributed by atoms with Gasteiger partial charge >= 0.3 is 6.03 Å².